The van der Waals surface area contributed by atoms with Crippen molar-refractivity contribution < 1.29 is 19.7 Å². The molecule has 0 spiro atoms. The van der Waals surface area contributed by atoms with Gasteiger partial charge in [-0.1, -0.05) is 53.7 Å². The van der Waals surface area contributed by atoms with E-state index in [1.165, 1.54) is 0 Å². The summed E-state index contributed by atoms with van der Waals surface area (Å²) in [6.45, 7) is 0. The second kappa shape index (κ2) is 7.29. The van der Waals surface area contributed by atoms with Gasteiger partial charge in [0.1, 0.15) is 0 Å². The van der Waals surface area contributed by atoms with Crippen molar-refractivity contribution >= 4 is 18.7 Å². The molecule has 7 heteroatoms. The van der Waals surface area contributed by atoms with E-state index in [9.17, 15) is 4.79 Å². The van der Waals surface area contributed by atoms with Crippen molar-refractivity contribution in [1.82, 2.24) is 5.32 Å². The van der Waals surface area contributed by atoms with Gasteiger partial charge in [-0.05, 0) is 17.2 Å². The fraction of sp³-hybridized carbons (Fsp3) is 0.176. The van der Waals surface area contributed by atoms with E-state index in [1.807, 2.05) is 54.6 Å². The first kappa shape index (κ1) is 16.2. The molecule has 122 valence electrons. The van der Waals surface area contributed by atoms with Crippen LogP contribution in [0.4, 0.5) is 0 Å². The van der Waals surface area contributed by atoms with Crippen LogP contribution in [0.3, 0.4) is 0 Å². The molecule has 1 unspecified atom stereocenters. The maximum Gasteiger partial charge on any atom is 0.472 e. The molecule has 0 saturated carbocycles. The fourth-order valence-electron chi connectivity index (χ4n) is 2.50. The van der Waals surface area contributed by atoms with Crippen molar-refractivity contribution in [2.45, 2.75) is 12.5 Å². The third-order valence-electron chi connectivity index (χ3n) is 3.72. The Labute approximate surface area is 139 Å². The molecule has 1 heterocycles. The Hall–Kier alpha value is -2.64. The molecule has 24 heavy (non-hydrogen) atoms. The molecular formula is C17H17BN2O4. The predicted octanol–water partition coefficient (Wildman–Crippen LogP) is 0.975. The molecule has 3 N–H and O–H groups in total. The lowest BCUT2D eigenvalue weighted by Crippen LogP contribution is -2.41. The summed E-state index contributed by atoms with van der Waals surface area (Å²) < 4.78 is 0. The van der Waals surface area contributed by atoms with E-state index in [0.717, 1.165) is 16.7 Å². The van der Waals surface area contributed by atoms with Crippen LogP contribution in [-0.4, -0.2) is 41.3 Å². The number of hydrogen-bond donors (Lipinski definition) is 3. The lowest BCUT2D eigenvalue weighted by atomic mass is 9.92. The zero-order chi connectivity index (χ0) is 16.9. The minimum absolute atomic E-state index is 0.239. The molecule has 6 nitrogen and oxygen atoms in total. The summed E-state index contributed by atoms with van der Waals surface area (Å²) in [7, 11) is -1.58. The molecule has 1 aliphatic heterocycles. The van der Waals surface area contributed by atoms with Gasteiger partial charge in [0.15, 0.2) is 0 Å². The summed E-state index contributed by atoms with van der Waals surface area (Å²) in [6, 6.07) is 17.9. The summed E-state index contributed by atoms with van der Waals surface area (Å²) in [6.07, 6.45) is -0.650. The third kappa shape index (κ3) is 3.82. The molecule has 0 aliphatic carbocycles. The van der Waals surface area contributed by atoms with Gasteiger partial charge in [-0.3, -0.25) is 4.79 Å². The van der Waals surface area contributed by atoms with Gasteiger partial charge in [0.05, 0.1) is 12.2 Å². The van der Waals surface area contributed by atoms with Crippen molar-refractivity contribution in [3.63, 3.8) is 0 Å². The average Bonchev–Trinajstić information content (AvgIpc) is 3.11. The van der Waals surface area contributed by atoms with Crippen LogP contribution in [0, 0.1) is 0 Å². The monoisotopic (exact) mass is 324 g/mol. The standard InChI is InChI=1S/C17H17BN2O4/c21-17(19-11-18(22)23)16-10-15(20-24-16)14-8-4-7-13(9-14)12-5-2-1-3-6-12/h1-9,16,22-23H,10-11H2,(H,19,21). The Balaban J connectivity index is 1.69. The molecule has 0 radical (unpaired) electrons. The molecular weight excluding hydrogens is 307 g/mol. The van der Waals surface area contributed by atoms with E-state index in [1.54, 1.807) is 0 Å². The Morgan fingerprint density at radius 3 is 2.58 bits per heavy atom. The summed E-state index contributed by atoms with van der Waals surface area (Å²) in [5, 5.41) is 24.0. The van der Waals surface area contributed by atoms with Crippen LogP contribution in [0.5, 0.6) is 0 Å². The Kier molecular flexibility index (Phi) is 4.93. The molecule has 0 fully saturated rings. The molecule has 1 amide bonds. The first-order valence-electron chi connectivity index (χ1n) is 7.66. The molecule has 1 aliphatic rings. The quantitative estimate of drug-likeness (QED) is 0.715. The lowest BCUT2D eigenvalue weighted by Gasteiger charge is -2.09. The number of hydrogen-bond acceptors (Lipinski definition) is 5. The van der Waals surface area contributed by atoms with Gasteiger partial charge in [0.25, 0.3) is 5.91 Å². The molecule has 2 aromatic carbocycles. The van der Waals surface area contributed by atoms with Crippen LogP contribution in [0.15, 0.2) is 59.8 Å². The maximum absolute atomic E-state index is 11.9. The minimum Gasteiger partial charge on any atom is -0.426 e. The van der Waals surface area contributed by atoms with Crippen LogP contribution in [0.25, 0.3) is 11.1 Å². The van der Waals surface area contributed by atoms with Crippen molar-refractivity contribution in [2.75, 3.05) is 6.44 Å². The Bertz CT molecular complexity index is 749. The Morgan fingerprint density at radius 1 is 1.12 bits per heavy atom. The predicted molar refractivity (Wildman–Crippen MR) is 91.1 cm³/mol. The molecule has 1 atom stereocenters. The fourth-order valence-corrected chi connectivity index (χ4v) is 2.50. The van der Waals surface area contributed by atoms with E-state index < -0.39 is 19.1 Å². The van der Waals surface area contributed by atoms with E-state index in [2.05, 4.69) is 10.5 Å². The van der Waals surface area contributed by atoms with E-state index in [4.69, 9.17) is 14.9 Å². The average molecular weight is 324 g/mol. The molecule has 0 bridgehead atoms. The van der Waals surface area contributed by atoms with E-state index in [0.29, 0.717) is 12.1 Å². The first-order valence-corrected chi connectivity index (χ1v) is 7.66. The van der Waals surface area contributed by atoms with Gasteiger partial charge in [-0.15, -0.1) is 0 Å². The Morgan fingerprint density at radius 2 is 1.83 bits per heavy atom. The summed E-state index contributed by atoms with van der Waals surface area (Å²) in [5.74, 6) is -0.416. The zero-order valence-electron chi connectivity index (χ0n) is 12.9. The highest BCUT2D eigenvalue weighted by Crippen LogP contribution is 2.23. The normalized spacial score (nSPS) is 16.2. The van der Waals surface area contributed by atoms with Crippen LogP contribution < -0.4 is 5.32 Å². The number of oxime groups is 1. The minimum atomic E-state index is -1.58. The number of carbonyl (C=O) groups is 1. The maximum atomic E-state index is 11.9. The highest BCUT2D eigenvalue weighted by atomic mass is 16.6. The lowest BCUT2D eigenvalue weighted by molar-refractivity contribution is -0.130. The van der Waals surface area contributed by atoms with E-state index in [-0.39, 0.29) is 6.44 Å². The number of carbonyl (C=O) groups excluding carboxylic acids is 1. The molecule has 2 aromatic rings. The van der Waals surface area contributed by atoms with Gasteiger partial charge >= 0.3 is 7.12 Å². The van der Waals surface area contributed by atoms with Gasteiger partial charge in [0, 0.05) is 12.0 Å². The van der Waals surface area contributed by atoms with Crippen molar-refractivity contribution in [2.24, 2.45) is 5.16 Å². The second-order valence-corrected chi connectivity index (χ2v) is 5.51. The summed E-state index contributed by atoms with van der Waals surface area (Å²) in [4.78, 5) is 17.1. The third-order valence-corrected chi connectivity index (χ3v) is 3.72. The number of nitrogens with one attached hydrogen (secondary N) is 1. The van der Waals surface area contributed by atoms with Crippen molar-refractivity contribution in [1.29, 1.82) is 0 Å². The number of nitrogens with zero attached hydrogens (tertiary/aromatic N) is 1. The highest BCUT2D eigenvalue weighted by Gasteiger charge is 2.29. The van der Waals surface area contributed by atoms with Gasteiger partial charge in [0.2, 0.25) is 6.10 Å². The first-order chi connectivity index (χ1) is 11.6. The van der Waals surface area contributed by atoms with Crippen LogP contribution in [0.2, 0.25) is 0 Å². The SMILES string of the molecule is O=C(NCB(O)O)C1CC(c2cccc(-c3ccccc3)c2)=NO1. The van der Waals surface area contributed by atoms with Gasteiger partial charge in [-0.2, -0.15) is 0 Å². The number of rotatable bonds is 5. The van der Waals surface area contributed by atoms with Crippen molar-refractivity contribution in [3.05, 3.63) is 60.2 Å². The van der Waals surface area contributed by atoms with Crippen molar-refractivity contribution in [3.8, 4) is 11.1 Å². The van der Waals surface area contributed by atoms with Crippen LogP contribution >= 0.6 is 0 Å². The van der Waals surface area contributed by atoms with Gasteiger partial charge < -0.3 is 20.2 Å². The summed E-state index contributed by atoms with van der Waals surface area (Å²) >= 11 is 0. The van der Waals surface area contributed by atoms with Crippen LogP contribution in [0.1, 0.15) is 12.0 Å². The van der Waals surface area contributed by atoms with E-state index >= 15 is 0 Å². The second-order valence-electron chi connectivity index (χ2n) is 5.51. The molecule has 3 rings (SSSR count). The van der Waals surface area contributed by atoms with Gasteiger partial charge in [-0.25, -0.2) is 0 Å². The topological polar surface area (TPSA) is 91.2 Å². The number of benzene rings is 2. The molecule has 0 saturated heterocycles. The largest absolute Gasteiger partial charge is 0.472 e. The smallest absolute Gasteiger partial charge is 0.426 e. The molecule has 0 aromatic heterocycles. The highest BCUT2D eigenvalue weighted by molar-refractivity contribution is 6.41. The summed E-state index contributed by atoms with van der Waals surface area (Å²) in [5.41, 5.74) is 3.75. The number of amides is 1. The van der Waals surface area contributed by atoms with Crippen LogP contribution in [-0.2, 0) is 9.63 Å². The zero-order valence-corrected chi connectivity index (χ0v) is 12.9.